The van der Waals surface area contributed by atoms with E-state index in [0.29, 0.717) is 53.4 Å². The van der Waals surface area contributed by atoms with E-state index in [-0.39, 0.29) is 24.5 Å². The molecule has 1 saturated heterocycles. The Labute approximate surface area is 224 Å². The number of fused-ring (bicyclic) bond motifs is 1. The number of aliphatic hydroxyl groups excluding tert-OH is 1. The molecule has 1 aromatic heterocycles. The number of ether oxygens (including phenoxy) is 2. The Morgan fingerprint density at radius 1 is 0.974 bits per heavy atom. The Kier molecular flexibility index (Phi) is 7.44. The minimum absolute atomic E-state index is 0.174. The number of alkyl halides is 3. The summed E-state index contributed by atoms with van der Waals surface area (Å²) in [6.07, 6.45) is -1.60. The van der Waals surface area contributed by atoms with E-state index in [1.165, 1.54) is 26.4 Å². The monoisotopic (exact) mass is 544 g/mol. The first-order valence-electron chi connectivity index (χ1n) is 13.0. The first-order chi connectivity index (χ1) is 18.7. The molecule has 208 valence electrons. The van der Waals surface area contributed by atoms with Crippen LogP contribution in [0, 0.1) is 0 Å². The van der Waals surface area contributed by atoms with E-state index in [1.54, 1.807) is 23.1 Å². The lowest BCUT2D eigenvalue weighted by Gasteiger charge is -2.32. The zero-order valence-electron chi connectivity index (χ0n) is 21.9. The molecule has 39 heavy (non-hydrogen) atoms. The Balaban J connectivity index is 1.82. The van der Waals surface area contributed by atoms with Gasteiger partial charge in [-0.05, 0) is 56.0 Å². The van der Waals surface area contributed by atoms with E-state index in [4.69, 9.17) is 9.47 Å². The number of benzene rings is 2. The van der Waals surface area contributed by atoms with Gasteiger partial charge in [-0.15, -0.1) is 0 Å². The van der Waals surface area contributed by atoms with Crippen LogP contribution in [0.15, 0.2) is 41.2 Å². The number of halogens is 3. The SMILES string of the molecule is COc1cc(OC)cc(-c2nn(-c3cc(N4CCCC4)ccc3C(F)(F)F)c(=O)c3c2CCCN3CCO)c1. The van der Waals surface area contributed by atoms with Gasteiger partial charge in [0, 0.05) is 49.1 Å². The third kappa shape index (κ3) is 5.15. The molecule has 0 spiro atoms. The van der Waals surface area contributed by atoms with Crippen molar-refractivity contribution in [1.29, 1.82) is 0 Å². The van der Waals surface area contributed by atoms with Crippen LogP contribution in [0.5, 0.6) is 11.5 Å². The molecule has 2 aliphatic rings. The third-order valence-corrected chi connectivity index (χ3v) is 7.32. The zero-order chi connectivity index (χ0) is 27.7. The van der Waals surface area contributed by atoms with Crippen LogP contribution in [0.25, 0.3) is 16.9 Å². The standard InChI is InChI=1S/C28H31F3N4O4/c1-38-20-14-18(15-21(17-20)39-2)25-22-6-5-11-34(12-13-36)26(22)27(37)35(32-25)24-16-19(33-9-3-4-10-33)7-8-23(24)28(29,30)31/h7-8,14-17,36H,3-6,9-13H2,1-2H3. The normalized spacial score (nSPS) is 15.4. The maximum atomic E-state index is 14.3. The van der Waals surface area contributed by atoms with Gasteiger partial charge in [-0.3, -0.25) is 4.79 Å². The van der Waals surface area contributed by atoms with Gasteiger partial charge in [-0.1, -0.05) is 0 Å². The molecule has 0 amide bonds. The van der Waals surface area contributed by atoms with Gasteiger partial charge in [-0.2, -0.15) is 23.0 Å². The summed E-state index contributed by atoms with van der Waals surface area (Å²) in [5.41, 5.74) is 0.469. The highest BCUT2D eigenvalue weighted by molar-refractivity contribution is 5.74. The minimum Gasteiger partial charge on any atom is -0.497 e. The lowest BCUT2D eigenvalue weighted by molar-refractivity contribution is -0.137. The first kappa shape index (κ1) is 26.9. The molecule has 0 aliphatic carbocycles. The molecular weight excluding hydrogens is 513 g/mol. The average molecular weight is 545 g/mol. The highest BCUT2D eigenvalue weighted by atomic mass is 19.4. The predicted molar refractivity (Wildman–Crippen MR) is 142 cm³/mol. The maximum Gasteiger partial charge on any atom is 0.418 e. The number of β-amino-alcohol motifs (C(OH)–C–C–N with tert-alkyl or cyclic N) is 1. The molecule has 0 atom stereocenters. The van der Waals surface area contributed by atoms with Crippen LogP contribution >= 0.6 is 0 Å². The van der Waals surface area contributed by atoms with Crippen LogP contribution in [0.4, 0.5) is 24.5 Å². The molecule has 8 nitrogen and oxygen atoms in total. The number of hydrogen-bond acceptors (Lipinski definition) is 7. The van der Waals surface area contributed by atoms with Crippen LogP contribution in [0.1, 0.15) is 30.4 Å². The van der Waals surface area contributed by atoms with Gasteiger partial charge < -0.3 is 24.4 Å². The van der Waals surface area contributed by atoms with Crippen molar-refractivity contribution in [2.24, 2.45) is 0 Å². The number of aromatic nitrogens is 2. The molecule has 5 rings (SSSR count). The van der Waals surface area contributed by atoms with Crippen LogP contribution < -0.4 is 24.8 Å². The summed E-state index contributed by atoms with van der Waals surface area (Å²) in [4.78, 5) is 17.7. The van der Waals surface area contributed by atoms with Crippen LogP contribution in [-0.2, 0) is 12.6 Å². The highest BCUT2D eigenvalue weighted by Crippen LogP contribution is 2.39. The topological polar surface area (TPSA) is 80.1 Å². The summed E-state index contributed by atoms with van der Waals surface area (Å²) >= 11 is 0. The second-order valence-corrected chi connectivity index (χ2v) is 9.70. The maximum absolute atomic E-state index is 14.3. The second-order valence-electron chi connectivity index (χ2n) is 9.70. The molecular formula is C28H31F3N4O4. The lowest BCUT2D eigenvalue weighted by Crippen LogP contribution is -2.40. The van der Waals surface area contributed by atoms with Gasteiger partial charge in [0.05, 0.1) is 37.8 Å². The largest absolute Gasteiger partial charge is 0.497 e. The van der Waals surface area contributed by atoms with Crippen molar-refractivity contribution in [3.05, 3.63) is 57.9 Å². The van der Waals surface area contributed by atoms with E-state index in [0.717, 1.165) is 36.7 Å². The fraction of sp³-hybridized carbons (Fsp3) is 0.429. The third-order valence-electron chi connectivity index (χ3n) is 7.32. The molecule has 1 N–H and O–H groups in total. The van der Waals surface area contributed by atoms with Crippen molar-refractivity contribution in [2.45, 2.75) is 31.9 Å². The van der Waals surface area contributed by atoms with Crippen LogP contribution in [0.2, 0.25) is 0 Å². The van der Waals surface area contributed by atoms with Gasteiger partial charge in [-0.25, -0.2) is 0 Å². The van der Waals surface area contributed by atoms with Crippen LogP contribution in [-0.4, -0.2) is 61.9 Å². The first-order valence-corrected chi connectivity index (χ1v) is 13.0. The highest BCUT2D eigenvalue weighted by Gasteiger charge is 2.36. The molecule has 1 fully saturated rings. The molecule has 0 radical (unpaired) electrons. The second kappa shape index (κ2) is 10.8. The van der Waals surface area contributed by atoms with E-state index in [1.807, 2.05) is 4.90 Å². The van der Waals surface area contributed by atoms with Gasteiger partial charge in [0.1, 0.15) is 17.2 Å². The molecule has 0 bridgehead atoms. The number of hydrogen-bond donors (Lipinski definition) is 1. The number of methoxy groups -OCH3 is 2. The van der Waals surface area contributed by atoms with Gasteiger partial charge in [0.15, 0.2) is 0 Å². The lowest BCUT2D eigenvalue weighted by atomic mass is 9.96. The zero-order valence-corrected chi connectivity index (χ0v) is 21.9. The molecule has 11 heteroatoms. The van der Waals surface area contributed by atoms with Gasteiger partial charge in [0.25, 0.3) is 5.56 Å². The van der Waals surface area contributed by atoms with Crippen molar-refractivity contribution in [2.75, 3.05) is 56.8 Å². The van der Waals surface area contributed by atoms with Crippen molar-refractivity contribution >= 4 is 11.4 Å². The van der Waals surface area contributed by atoms with E-state index >= 15 is 0 Å². The summed E-state index contributed by atoms with van der Waals surface area (Å²) in [7, 11) is 3.01. The predicted octanol–water partition coefficient (Wildman–Crippen LogP) is 4.28. The Bertz CT molecular complexity index is 1390. The molecule has 2 aliphatic heterocycles. The Morgan fingerprint density at radius 2 is 1.67 bits per heavy atom. The summed E-state index contributed by atoms with van der Waals surface area (Å²) in [5, 5.41) is 14.3. The van der Waals surface area contributed by atoms with Gasteiger partial charge in [0.2, 0.25) is 0 Å². The fourth-order valence-electron chi connectivity index (χ4n) is 5.46. The number of rotatable bonds is 7. The Morgan fingerprint density at radius 3 is 2.28 bits per heavy atom. The van der Waals surface area contributed by atoms with Crippen molar-refractivity contribution < 1.29 is 27.8 Å². The molecule has 3 heterocycles. The molecule has 0 unspecified atom stereocenters. The van der Waals surface area contributed by atoms with Crippen molar-refractivity contribution in [3.8, 4) is 28.4 Å². The Hall–Kier alpha value is -3.73. The van der Waals surface area contributed by atoms with Crippen molar-refractivity contribution in [3.63, 3.8) is 0 Å². The van der Waals surface area contributed by atoms with Crippen LogP contribution in [0.3, 0.4) is 0 Å². The molecule has 0 saturated carbocycles. The molecule has 2 aromatic carbocycles. The fourth-order valence-corrected chi connectivity index (χ4v) is 5.46. The smallest absolute Gasteiger partial charge is 0.418 e. The summed E-state index contributed by atoms with van der Waals surface area (Å²) < 4.78 is 54.6. The number of anilines is 2. The van der Waals surface area contributed by atoms with E-state index < -0.39 is 17.3 Å². The summed E-state index contributed by atoms with van der Waals surface area (Å²) in [6, 6.07) is 9.01. The van der Waals surface area contributed by atoms with E-state index in [9.17, 15) is 23.1 Å². The number of nitrogens with zero attached hydrogens (tertiary/aromatic N) is 4. The van der Waals surface area contributed by atoms with E-state index in [2.05, 4.69) is 5.10 Å². The quantitative estimate of drug-likeness (QED) is 0.476. The molecule has 3 aromatic rings. The van der Waals surface area contributed by atoms with Gasteiger partial charge >= 0.3 is 6.18 Å². The summed E-state index contributed by atoms with van der Waals surface area (Å²) in [5.74, 6) is 0.959. The average Bonchev–Trinajstić information content (AvgIpc) is 3.47. The summed E-state index contributed by atoms with van der Waals surface area (Å²) in [6.45, 7) is 1.93. The minimum atomic E-state index is -4.71. The number of aliphatic hydroxyl groups is 1. The van der Waals surface area contributed by atoms with Crippen molar-refractivity contribution in [1.82, 2.24) is 9.78 Å².